The van der Waals surface area contributed by atoms with Crippen molar-refractivity contribution in [2.45, 2.75) is 57.4 Å². The molecule has 4 nitrogen and oxygen atoms in total. The van der Waals surface area contributed by atoms with E-state index in [-0.39, 0.29) is 12.6 Å². The molecule has 2 aliphatic rings. The van der Waals surface area contributed by atoms with Crippen LogP contribution in [-0.4, -0.2) is 41.8 Å². The molecule has 2 rings (SSSR count). The van der Waals surface area contributed by atoms with Gasteiger partial charge in [-0.05, 0) is 38.0 Å². The van der Waals surface area contributed by atoms with Gasteiger partial charge in [0.25, 0.3) is 0 Å². The number of urea groups is 1. The third kappa shape index (κ3) is 3.87. The summed E-state index contributed by atoms with van der Waals surface area (Å²) in [6.45, 7) is 1.93. The van der Waals surface area contributed by atoms with Crippen molar-refractivity contribution in [3.63, 3.8) is 0 Å². The van der Waals surface area contributed by atoms with Crippen LogP contribution in [0.4, 0.5) is 4.79 Å². The van der Waals surface area contributed by atoms with Crippen LogP contribution in [0.15, 0.2) is 0 Å². The predicted molar refractivity (Wildman–Crippen MR) is 71.4 cm³/mol. The number of aliphatic hydroxyl groups excluding tert-OH is 1. The first kappa shape index (κ1) is 13.7. The summed E-state index contributed by atoms with van der Waals surface area (Å²) < 4.78 is 0. The Morgan fingerprint density at radius 2 is 1.94 bits per heavy atom. The average molecular weight is 254 g/mol. The van der Waals surface area contributed by atoms with E-state index in [1.165, 1.54) is 19.3 Å². The minimum absolute atomic E-state index is 0.115. The highest BCUT2D eigenvalue weighted by Crippen LogP contribution is 2.21. The zero-order chi connectivity index (χ0) is 12.8. The van der Waals surface area contributed by atoms with E-state index in [9.17, 15) is 4.79 Å². The van der Waals surface area contributed by atoms with E-state index in [0.29, 0.717) is 12.0 Å². The molecular weight excluding hydrogens is 228 g/mol. The van der Waals surface area contributed by atoms with Crippen molar-refractivity contribution in [1.82, 2.24) is 10.2 Å². The van der Waals surface area contributed by atoms with Gasteiger partial charge in [-0.3, -0.25) is 0 Å². The number of likely N-dealkylation sites (tertiary alicyclic amines) is 1. The molecule has 2 fully saturated rings. The van der Waals surface area contributed by atoms with Crippen LogP contribution in [0.2, 0.25) is 0 Å². The third-order valence-corrected chi connectivity index (χ3v) is 4.28. The largest absolute Gasteiger partial charge is 0.396 e. The molecular formula is C14H26N2O2. The van der Waals surface area contributed by atoms with Gasteiger partial charge in [0, 0.05) is 25.7 Å². The molecule has 1 unspecified atom stereocenters. The lowest BCUT2D eigenvalue weighted by molar-refractivity contribution is 0.146. The maximum atomic E-state index is 12.2. The molecule has 2 N–H and O–H groups in total. The molecule has 0 aromatic heterocycles. The van der Waals surface area contributed by atoms with Crippen LogP contribution >= 0.6 is 0 Å². The van der Waals surface area contributed by atoms with Crippen LogP contribution in [0.1, 0.15) is 51.4 Å². The monoisotopic (exact) mass is 254 g/mol. The molecule has 1 aliphatic carbocycles. The minimum Gasteiger partial charge on any atom is -0.396 e. The van der Waals surface area contributed by atoms with Crippen molar-refractivity contribution in [2.24, 2.45) is 5.92 Å². The van der Waals surface area contributed by atoms with Crippen molar-refractivity contribution in [3.8, 4) is 0 Å². The molecule has 1 saturated carbocycles. The van der Waals surface area contributed by atoms with Crippen LogP contribution in [0.3, 0.4) is 0 Å². The Balaban J connectivity index is 1.76. The van der Waals surface area contributed by atoms with E-state index < -0.39 is 0 Å². The summed E-state index contributed by atoms with van der Waals surface area (Å²) in [5.74, 6) is 0.487. The second kappa shape index (κ2) is 6.98. The second-order valence-corrected chi connectivity index (χ2v) is 5.75. The lowest BCUT2D eigenvalue weighted by Gasteiger charge is -2.34. The van der Waals surface area contributed by atoms with Gasteiger partial charge < -0.3 is 15.3 Å². The number of rotatable bonds is 3. The van der Waals surface area contributed by atoms with Gasteiger partial charge in [-0.25, -0.2) is 4.79 Å². The molecule has 1 aliphatic heterocycles. The van der Waals surface area contributed by atoms with Crippen molar-refractivity contribution < 1.29 is 9.90 Å². The number of aliphatic hydroxyl groups is 1. The summed E-state index contributed by atoms with van der Waals surface area (Å²) in [4.78, 5) is 14.1. The molecule has 104 valence electrons. The van der Waals surface area contributed by atoms with E-state index in [1.54, 1.807) is 0 Å². The molecule has 1 saturated heterocycles. The number of amides is 2. The predicted octanol–water partition coefficient (Wildman–Crippen LogP) is 2.12. The maximum absolute atomic E-state index is 12.2. The summed E-state index contributed by atoms with van der Waals surface area (Å²) in [5, 5.41) is 12.2. The summed E-state index contributed by atoms with van der Waals surface area (Å²) in [7, 11) is 0. The maximum Gasteiger partial charge on any atom is 0.317 e. The SMILES string of the molecule is O=C(NC1CCCCC1)N1CCCC(CCO)C1. The first-order valence-electron chi connectivity index (χ1n) is 7.46. The number of piperidine rings is 1. The number of nitrogens with one attached hydrogen (secondary N) is 1. The van der Waals surface area contributed by atoms with Gasteiger partial charge in [0.1, 0.15) is 0 Å². The van der Waals surface area contributed by atoms with Gasteiger partial charge in [-0.2, -0.15) is 0 Å². The fourth-order valence-corrected chi connectivity index (χ4v) is 3.18. The highest BCUT2D eigenvalue weighted by molar-refractivity contribution is 5.74. The first-order valence-corrected chi connectivity index (χ1v) is 7.46. The Morgan fingerprint density at radius 3 is 2.67 bits per heavy atom. The molecule has 0 aromatic carbocycles. The zero-order valence-corrected chi connectivity index (χ0v) is 11.2. The van der Waals surface area contributed by atoms with E-state index in [1.807, 2.05) is 4.90 Å². The Hall–Kier alpha value is -0.770. The van der Waals surface area contributed by atoms with Crippen LogP contribution in [-0.2, 0) is 0 Å². The third-order valence-electron chi connectivity index (χ3n) is 4.28. The van der Waals surface area contributed by atoms with Gasteiger partial charge >= 0.3 is 6.03 Å². The topological polar surface area (TPSA) is 52.6 Å². The van der Waals surface area contributed by atoms with E-state index in [4.69, 9.17) is 5.11 Å². The Bertz CT molecular complexity index is 263. The number of carbonyl (C=O) groups is 1. The first-order chi connectivity index (χ1) is 8.79. The smallest absolute Gasteiger partial charge is 0.317 e. The minimum atomic E-state index is 0.115. The number of carbonyl (C=O) groups excluding carboxylic acids is 1. The van der Waals surface area contributed by atoms with E-state index in [0.717, 1.165) is 45.2 Å². The fraction of sp³-hybridized carbons (Fsp3) is 0.929. The zero-order valence-electron chi connectivity index (χ0n) is 11.2. The van der Waals surface area contributed by atoms with Gasteiger partial charge in [0.05, 0.1) is 0 Å². The Morgan fingerprint density at radius 1 is 1.17 bits per heavy atom. The Kier molecular flexibility index (Phi) is 5.29. The van der Waals surface area contributed by atoms with Crippen molar-refractivity contribution >= 4 is 6.03 Å². The van der Waals surface area contributed by atoms with Gasteiger partial charge in [0.15, 0.2) is 0 Å². The Labute approximate surface area is 110 Å². The molecule has 2 amide bonds. The standard InChI is InChI=1S/C14H26N2O2/c17-10-8-12-5-4-9-16(11-12)14(18)15-13-6-2-1-3-7-13/h12-13,17H,1-11H2,(H,15,18). The number of hydrogen-bond donors (Lipinski definition) is 2. The quantitative estimate of drug-likeness (QED) is 0.810. The van der Waals surface area contributed by atoms with Gasteiger partial charge in [-0.15, -0.1) is 0 Å². The lowest BCUT2D eigenvalue weighted by atomic mass is 9.94. The highest BCUT2D eigenvalue weighted by Gasteiger charge is 2.25. The summed E-state index contributed by atoms with van der Waals surface area (Å²) in [6.07, 6.45) is 9.13. The second-order valence-electron chi connectivity index (χ2n) is 5.75. The summed E-state index contributed by atoms with van der Waals surface area (Å²) >= 11 is 0. The van der Waals surface area contributed by atoms with Crippen molar-refractivity contribution in [3.05, 3.63) is 0 Å². The van der Waals surface area contributed by atoms with Gasteiger partial charge in [0.2, 0.25) is 0 Å². The molecule has 4 heteroatoms. The number of hydrogen-bond acceptors (Lipinski definition) is 2. The normalized spacial score (nSPS) is 26.1. The summed E-state index contributed by atoms with van der Waals surface area (Å²) in [6, 6.07) is 0.508. The van der Waals surface area contributed by atoms with Crippen molar-refractivity contribution in [2.75, 3.05) is 19.7 Å². The van der Waals surface area contributed by atoms with Crippen LogP contribution < -0.4 is 5.32 Å². The molecule has 0 aromatic rings. The molecule has 18 heavy (non-hydrogen) atoms. The molecule has 0 bridgehead atoms. The highest BCUT2D eigenvalue weighted by atomic mass is 16.3. The molecule has 1 atom stereocenters. The summed E-state index contributed by atoms with van der Waals surface area (Å²) in [5.41, 5.74) is 0. The van der Waals surface area contributed by atoms with Crippen molar-refractivity contribution in [1.29, 1.82) is 0 Å². The van der Waals surface area contributed by atoms with Crippen LogP contribution in [0, 0.1) is 5.92 Å². The fourth-order valence-electron chi connectivity index (χ4n) is 3.18. The van der Waals surface area contributed by atoms with Gasteiger partial charge in [-0.1, -0.05) is 19.3 Å². The van der Waals surface area contributed by atoms with Crippen LogP contribution in [0.25, 0.3) is 0 Å². The van der Waals surface area contributed by atoms with E-state index in [2.05, 4.69) is 5.32 Å². The number of nitrogens with zero attached hydrogens (tertiary/aromatic N) is 1. The lowest BCUT2D eigenvalue weighted by Crippen LogP contribution is -2.49. The average Bonchev–Trinajstić information content (AvgIpc) is 2.40. The van der Waals surface area contributed by atoms with E-state index >= 15 is 0 Å². The molecule has 0 radical (unpaired) electrons. The molecule has 1 heterocycles. The van der Waals surface area contributed by atoms with Crippen LogP contribution in [0.5, 0.6) is 0 Å². The molecule has 0 spiro atoms.